The molecule has 0 spiro atoms. The van der Waals surface area contributed by atoms with E-state index in [1.165, 1.54) is 38.5 Å². The average Bonchev–Trinajstić information content (AvgIpc) is 2.31. The van der Waals surface area contributed by atoms with E-state index < -0.39 is 19.8 Å². The van der Waals surface area contributed by atoms with Crippen molar-refractivity contribution in [2.75, 3.05) is 0 Å². The molecule has 0 bridgehead atoms. The van der Waals surface area contributed by atoms with Gasteiger partial charge in [-0.15, -0.1) is 0 Å². The number of nitrogens with zero attached hydrogens (tertiary/aromatic N) is 1. The third kappa shape index (κ3) is 45.1. The van der Waals surface area contributed by atoms with Crippen LogP contribution in [-0.2, 0) is 17.1 Å². The van der Waals surface area contributed by atoms with E-state index in [1.54, 1.807) is 13.3 Å². The molecule has 0 heterocycles. The predicted octanol–water partition coefficient (Wildman–Crippen LogP) is -10.0. The molecule has 0 saturated carbocycles. The summed E-state index contributed by atoms with van der Waals surface area (Å²) in [7, 11) is 0. The van der Waals surface area contributed by atoms with Crippen LogP contribution in [0.25, 0.3) is 0 Å². The van der Waals surface area contributed by atoms with Crippen LogP contribution in [0.5, 0.6) is 0 Å². The van der Waals surface area contributed by atoms with Crippen LogP contribution in [0.3, 0.4) is 0 Å². The van der Waals surface area contributed by atoms with Gasteiger partial charge in [0.15, 0.2) is 0 Å². The maximum absolute atomic E-state index is 6.25. The number of hydrogen-bond donors (Lipinski definition) is 0. The van der Waals surface area contributed by atoms with E-state index >= 15 is 0 Å². The van der Waals surface area contributed by atoms with Crippen LogP contribution in [0.1, 0.15) is 59.3 Å². The van der Waals surface area contributed by atoms with Gasteiger partial charge in [0.25, 0.3) is 0 Å². The van der Waals surface area contributed by atoms with Crippen molar-refractivity contribution in [1.29, 1.82) is 5.26 Å². The Bertz CT molecular complexity index is 131. The molecule has 1 nitrogen and oxygen atoms in total. The van der Waals surface area contributed by atoms with E-state index in [1.807, 2.05) is 0 Å². The maximum Gasteiger partial charge on any atom is 1.00 e. The molecule has 0 fully saturated rings. The molecule has 0 rings (SSSR count). The number of rotatable bonds is 9. The molecule has 0 saturated heterocycles. The van der Waals surface area contributed by atoms with Crippen molar-refractivity contribution in [2.24, 2.45) is 0 Å². The van der Waals surface area contributed by atoms with Gasteiger partial charge in [-0.2, -0.15) is 0 Å². The van der Waals surface area contributed by atoms with E-state index in [4.69, 9.17) is 11.8 Å². The van der Waals surface area contributed by atoms with Crippen LogP contribution >= 0.6 is 0 Å². The van der Waals surface area contributed by atoms with Gasteiger partial charge < -0.3 is 36.6 Å². The zero-order chi connectivity index (χ0) is 11.9. The number of halogens is 2. The Labute approximate surface area is 200 Å². The van der Waals surface area contributed by atoms with Crippen LogP contribution in [0.2, 0.25) is 13.3 Å². The Hall–Kier alpha value is 3.18. The normalized spacial score (nSPS) is 6.95. The SMILES string of the molecule is CCC[CH2][Sn]([CH2]CCC)[CH2]CCC.[C-]#N.[Cl-].[Cl-].[Cu].[Li+].[Li+].[Li+]. The zero-order valence-corrected chi connectivity index (χ0v) is 20.2. The summed E-state index contributed by atoms with van der Waals surface area (Å²) in [5.41, 5.74) is 0. The first-order chi connectivity index (χ1) is 7.35. The molecular formula is C13H27Cl2CuLi3NSn. The molecule has 21 heavy (non-hydrogen) atoms. The Kier molecular flexibility index (Phi) is 117. The van der Waals surface area contributed by atoms with Crippen molar-refractivity contribution in [3.63, 3.8) is 0 Å². The minimum Gasteiger partial charge on any atom is -1.00 e. The molecule has 116 valence electrons. The molecule has 0 aliphatic rings. The summed E-state index contributed by atoms with van der Waals surface area (Å²) in [6.07, 6.45) is 8.85. The predicted molar refractivity (Wildman–Crippen MR) is 69.9 cm³/mol. The van der Waals surface area contributed by atoms with Gasteiger partial charge in [-0.05, 0) is 0 Å². The molecule has 0 unspecified atom stereocenters. The summed E-state index contributed by atoms with van der Waals surface area (Å²) >= 11 is -0.839. The van der Waals surface area contributed by atoms with Gasteiger partial charge in [0.1, 0.15) is 0 Å². The fourth-order valence-electron chi connectivity index (χ4n) is 1.66. The van der Waals surface area contributed by atoms with Gasteiger partial charge in [0.05, 0.1) is 0 Å². The molecule has 2 radical (unpaired) electrons. The number of unbranched alkanes of at least 4 members (excludes halogenated alkanes) is 3. The molecule has 0 atom stereocenters. The molecular weight excluding hydrogens is 444 g/mol. The smallest absolute Gasteiger partial charge is 1.00 e. The summed E-state index contributed by atoms with van der Waals surface area (Å²) in [5.74, 6) is 0. The minimum absolute atomic E-state index is 0. The van der Waals surface area contributed by atoms with Gasteiger partial charge in [0.2, 0.25) is 0 Å². The van der Waals surface area contributed by atoms with Crippen LogP contribution in [0.15, 0.2) is 0 Å². The second-order valence-corrected chi connectivity index (χ2v) is 12.6. The molecule has 0 N–H and O–H groups in total. The molecule has 0 aromatic rings. The van der Waals surface area contributed by atoms with Crippen molar-refractivity contribution in [3.05, 3.63) is 6.57 Å². The van der Waals surface area contributed by atoms with Crippen molar-refractivity contribution in [2.45, 2.75) is 72.6 Å². The standard InChI is InChI=1S/3C4H9.CN.2ClH.Cu.3Li.Sn/c3*1-3-4-2;1-2;;;;;;;/h3*1,3-4H2,2H3;;2*1H;;;;;/q;;;-1;;;;3*+1;/p-2. The second kappa shape index (κ2) is 49.5. The molecule has 0 amide bonds. The van der Waals surface area contributed by atoms with Crippen LogP contribution < -0.4 is 81.4 Å². The Morgan fingerprint density at radius 2 is 0.857 bits per heavy atom. The molecule has 8 heteroatoms. The number of hydrogen-bond acceptors (Lipinski definition) is 1. The minimum atomic E-state index is -0.839. The van der Waals surface area contributed by atoms with Crippen LogP contribution in [0.4, 0.5) is 0 Å². The maximum atomic E-state index is 6.25. The Morgan fingerprint density at radius 3 is 1.00 bits per heavy atom. The van der Waals surface area contributed by atoms with Crippen molar-refractivity contribution < 1.29 is 98.5 Å². The fourth-order valence-corrected chi connectivity index (χ4v) is 11.1. The van der Waals surface area contributed by atoms with E-state index in [2.05, 4.69) is 20.8 Å². The third-order valence-corrected chi connectivity index (χ3v) is 11.7. The van der Waals surface area contributed by atoms with Crippen molar-refractivity contribution in [1.82, 2.24) is 0 Å². The molecule has 0 aromatic carbocycles. The first-order valence-electron chi connectivity index (χ1n) is 6.41. The van der Waals surface area contributed by atoms with E-state index in [-0.39, 0.29) is 98.5 Å². The third-order valence-electron chi connectivity index (χ3n) is 2.65. The zero-order valence-electron chi connectivity index (χ0n) is 14.9. The van der Waals surface area contributed by atoms with E-state index in [0.29, 0.717) is 0 Å². The first-order valence-corrected chi connectivity index (χ1v) is 12.5. The second-order valence-electron chi connectivity index (χ2n) is 4.06. The molecule has 0 aliphatic carbocycles. The Morgan fingerprint density at radius 1 is 0.667 bits per heavy atom. The van der Waals surface area contributed by atoms with Gasteiger partial charge in [-0.25, -0.2) is 0 Å². The van der Waals surface area contributed by atoms with Gasteiger partial charge in [0, 0.05) is 17.1 Å². The molecule has 0 aliphatic heterocycles. The fraction of sp³-hybridized carbons (Fsp3) is 0.923. The van der Waals surface area contributed by atoms with Gasteiger partial charge >= 0.3 is 149 Å². The van der Waals surface area contributed by atoms with Crippen LogP contribution in [0, 0.1) is 11.8 Å². The monoisotopic (exact) mass is 471 g/mol. The summed E-state index contributed by atoms with van der Waals surface area (Å²) in [6.45, 7) is 11.8. The van der Waals surface area contributed by atoms with Gasteiger partial charge in [-0.1, -0.05) is 0 Å². The van der Waals surface area contributed by atoms with E-state index in [0.717, 1.165) is 0 Å². The van der Waals surface area contributed by atoms with Crippen LogP contribution in [-0.4, -0.2) is 19.8 Å². The van der Waals surface area contributed by atoms with Crippen molar-refractivity contribution in [3.8, 4) is 0 Å². The first kappa shape index (κ1) is 49.6. The average molecular weight is 471 g/mol. The summed E-state index contributed by atoms with van der Waals surface area (Å²) < 4.78 is 5.04. The topological polar surface area (TPSA) is 23.8 Å². The summed E-state index contributed by atoms with van der Waals surface area (Å²) in [5, 5.41) is 6.25. The molecule has 0 aromatic heterocycles. The Balaban J connectivity index is -0.0000000336. The van der Waals surface area contributed by atoms with Crippen molar-refractivity contribution >= 4 is 19.8 Å². The quantitative estimate of drug-likeness (QED) is 0.242. The van der Waals surface area contributed by atoms with Gasteiger partial charge in [-0.3, -0.25) is 0 Å². The largest absolute Gasteiger partial charge is 1.00 e. The summed E-state index contributed by atoms with van der Waals surface area (Å²) in [6, 6.07) is 0. The summed E-state index contributed by atoms with van der Waals surface area (Å²) in [4.78, 5) is 0. The van der Waals surface area contributed by atoms with E-state index in [9.17, 15) is 0 Å².